The van der Waals surface area contributed by atoms with Crippen LogP contribution in [0.1, 0.15) is 42.1 Å². The average molecular weight is 395 g/mol. The third-order valence-electron chi connectivity index (χ3n) is 5.02. The van der Waals surface area contributed by atoms with Crippen molar-refractivity contribution in [2.45, 2.75) is 36.9 Å². The molecule has 2 heterocycles. The van der Waals surface area contributed by atoms with Crippen molar-refractivity contribution in [2.24, 2.45) is 0 Å². The standard InChI is InChI=1S/C21H21N3O3S/c1-12(25)22-13-8-10-14(11-9-13)23-18(26)17-21(2,3)28-20-16-7-5-4-6-15(16)19(27)24(17)20/h4-11,17,20H,1-3H3,(H,22,25)(H,23,26). The Labute approximate surface area is 167 Å². The van der Waals surface area contributed by atoms with E-state index in [1.54, 1.807) is 40.9 Å². The van der Waals surface area contributed by atoms with Crippen molar-refractivity contribution in [3.8, 4) is 0 Å². The zero-order chi connectivity index (χ0) is 20.1. The van der Waals surface area contributed by atoms with Crippen LogP contribution in [0.2, 0.25) is 0 Å². The second kappa shape index (κ2) is 6.67. The van der Waals surface area contributed by atoms with Crippen LogP contribution in [0.4, 0.5) is 11.4 Å². The Morgan fingerprint density at radius 1 is 1.00 bits per heavy atom. The molecule has 6 nitrogen and oxygen atoms in total. The van der Waals surface area contributed by atoms with Gasteiger partial charge in [0, 0.05) is 28.6 Å². The topological polar surface area (TPSA) is 78.5 Å². The van der Waals surface area contributed by atoms with E-state index in [2.05, 4.69) is 10.6 Å². The van der Waals surface area contributed by atoms with E-state index >= 15 is 0 Å². The van der Waals surface area contributed by atoms with Gasteiger partial charge < -0.3 is 15.5 Å². The van der Waals surface area contributed by atoms with Crippen molar-refractivity contribution in [2.75, 3.05) is 10.6 Å². The largest absolute Gasteiger partial charge is 0.326 e. The normalized spacial score (nSPS) is 21.8. The van der Waals surface area contributed by atoms with E-state index in [4.69, 9.17) is 0 Å². The predicted molar refractivity (Wildman–Crippen MR) is 110 cm³/mol. The fourth-order valence-corrected chi connectivity index (χ4v) is 5.44. The second-order valence-corrected chi connectivity index (χ2v) is 9.26. The summed E-state index contributed by atoms with van der Waals surface area (Å²) in [6, 6.07) is 13.9. The molecule has 0 radical (unpaired) electrons. The second-order valence-electron chi connectivity index (χ2n) is 7.52. The molecule has 1 saturated heterocycles. The lowest BCUT2D eigenvalue weighted by Crippen LogP contribution is -2.50. The minimum absolute atomic E-state index is 0.0974. The van der Waals surface area contributed by atoms with Gasteiger partial charge in [-0.1, -0.05) is 18.2 Å². The van der Waals surface area contributed by atoms with Crippen molar-refractivity contribution in [1.29, 1.82) is 0 Å². The third kappa shape index (κ3) is 3.05. The van der Waals surface area contributed by atoms with Gasteiger partial charge in [0.15, 0.2) is 0 Å². The summed E-state index contributed by atoms with van der Waals surface area (Å²) in [5.74, 6) is -0.465. The van der Waals surface area contributed by atoms with Gasteiger partial charge >= 0.3 is 0 Å². The van der Waals surface area contributed by atoms with Crippen LogP contribution in [-0.4, -0.2) is 33.4 Å². The van der Waals surface area contributed by atoms with Crippen LogP contribution in [0.5, 0.6) is 0 Å². The highest BCUT2D eigenvalue weighted by molar-refractivity contribution is 8.01. The lowest BCUT2D eigenvalue weighted by atomic mass is 10.0. The van der Waals surface area contributed by atoms with E-state index in [1.807, 2.05) is 38.1 Å². The molecule has 0 aromatic heterocycles. The number of amides is 3. The molecular weight excluding hydrogens is 374 g/mol. The van der Waals surface area contributed by atoms with Gasteiger partial charge in [0.05, 0.1) is 0 Å². The molecule has 1 fully saturated rings. The molecule has 0 aliphatic carbocycles. The number of carbonyl (C=O) groups excluding carboxylic acids is 3. The van der Waals surface area contributed by atoms with Crippen LogP contribution < -0.4 is 10.6 Å². The SMILES string of the molecule is CC(=O)Nc1ccc(NC(=O)C2N3C(=O)c4ccccc4C3SC2(C)C)cc1. The van der Waals surface area contributed by atoms with Crippen LogP contribution in [0.15, 0.2) is 48.5 Å². The molecule has 7 heteroatoms. The molecule has 2 atom stereocenters. The molecule has 28 heavy (non-hydrogen) atoms. The first-order chi connectivity index (χ1) is 13.3. The summed E-state index contributed by atoms with van der Waals surface area (Å²) in [7, 11) is 0. The van der Waals surface area contributed by atoms with Gasteiger partial charge in [-0.05, 0) is 49.7 Å². The number of benzene rings is 2. The molecule has 2 aromatic rings. The van der Waals surface area contributed by atoms with Crippen LogP contribution in [0.25, 0.3) is 0 Å². The molecule has 2 unspecified atom stereocenters. The van der Waals surface area contributed by atoms with Crippen molar-refractivity contribution in [3.63, 3.8) is 0 Å². The summed E-state index contributed by atoms with van der Waals surface area (Å²) < 4.78 is -0.423. The summed E-state index contributed by atoms with van der Waals surface area (Å²) >= 11 is 1.64. The highest BCUT2D eigenvalue weighted by Crippen LogP contribution is 2.56. The first-order valence-corrected chi connectivity index (χ1v) is 9.94. The minimum atomic E-state index is -0.586. The summed E-state index contributed by atoms with van der Waals surface area (Å²) in [6.45, 7) is 5.43. The summed E-state index contributed by atoms with van der Waals surface area (Å²) in [4.78, 5) is 39.0. The van der Waals surface area contributed by atoms with Crippen LogP contribution in [-0.2, 0) is 9.59 Å². The van der Waals surface area contributed by atoms with Gasteiger partial charge in [0.1, 0.15) is 11.4 Å². The Kier molecular flexibility index (Phi) is 4.42. The van der Waals surface area contributed by atoms with Gasteiger partial charge in [-0.15, -0.1) is 11.8 Å². The highest BCUT2D eigenvalue weighted by atomic mass is 32.2. The molecule has 0 saturated carbocycles. The number of anilines is 2. The van der Waals surface area contributed by atoms with Gasteiger partial charge in [0.25, 0.3) is 5.91 Å². The Morgan fingerprint density at radius 3 is 2.25 bits per heavy atom. The fraction of sp³-hybridized carbons (Fsp3) is 0.286. The number of nitrogens with one attached hydrogen (secondary N) is 2. The molecule has 0 bridgehead atoms. The summed E-state index contributed by atoms with van der Waals surface area (Å²) in [5.41, 5.74) is 2.92. The number of nitrogens with zero attached hydrogens (tertiary/aromatic N) is 1. The van der Waals surface area contributed by atoms with Crippen LogP contribution in [0.3, 0.4) is 0 Å². The molecule has 4 rings (SSSR count). The van der Waals surface area contributed by atoms with Crippen LogP contribution >= 0.6 is 11.8 Å². The van der Waals surface area contributed by atoms with E-state index < -0.39 is 10.8 Å². The minimum Gasteiger partial charge on any atom is -0.326 e. The number of hydrogen-bond donors (Lipinski definition) is 2. The zero-order valence-corrected chi connectivity index (χ0v) is 16.7. The lowest BCUT2D eigenvalue weighted by molar-refractivity contribution is -0.121. The summed E-state index contributed by atoms with van der Waals surface area (Å²) in [5, 5.41) is 5.47. The highest BCUT2D eigenvalue weighted by Gasteiger charge is 2.57. The van der Waals surface area contributed by atoms with Gasteiger partial charge in [-0.3, -0.25) is 14.4 Å². The number of hydrogen-bond acceptors (Lipinski definition) is 4. The fourth-order valence-electron chi connectivity index (χ4n) is 3.86. The first kappa shape index (κ1) is 18.6. The maximum atomic E-state index is 13.1. The zero-order valence-electron chi connectivity index (χ0n) is 15.9. The lowest BCUT2D eigenvalue weighted by Gasteiger charge is -2.29. The van der Waals surface area contributed by atoms with Gasteiger partial charge in [-0.25, -0.2) is 0 Å². The summed E-state index contributed by atoms with van der Waals surface area (Å²) in [6.07, 6.45) is 0. The van der Waals surface area contributed by atoms with Gasteiger partial charge in [-0.2, -0.15) is 0 Å². The Hall–Kier alpha value is -2.80. The number of carbonyl (C=O) groups is 3. The van der Waals surface area contributed by atoms with Crippen LogP contribution in [0, 0.1) is 0 Å². The molecule has 0 spiro atoms. The number of fused-ring (bicyclic) bond motifs is 3. The maximum Gasteiger partial charge on any atom is 0.256 e. The van der Waals surface area contributed by atoms with Crippen molar-refractivity contribution in [3.05, 3.63) is 59.7 Å². The monoisotopic (exact) mass is 395 g/mol. The maximum absolute atomic E-state index is 13.1. The molecule has 144 valence electrons. The number of rotatable bonds is 3. The molecule has 3 amide bonds. The van der Waals surface area contributed by atoms with Gasteiger partial charge in [0.2, 0.25) is 11.8 Å². The Morgan fingerprint density at radius 2 is 1.61 bits per heavy atom. The third-order valence-corrected chi connectivity index (χ3v) is 6.55. The molecule has 2 aliphatic rings. The van der Waals surface area contributed by atoms with E-state index in [0.29, 0.717) is 16.9 Å². The average Bonchev–Trinajstić information content (AvgIpc) is 3.06. The van der Waals surface area contributed by atoms with E-state index in [-0.39, 0.29) is 23.1 Å². The van der Waals surface area contributed by atoms with E-state index in [9.17, 15) is 14.4 Å². The molecule has 2 aromatic carbocycles. The Balaban J connectivity index is 1.57. The van der Waals surface area contributed by atoms with E-state index in [0.717, 1.165) is 5.56 Å². The quantitative estimate of drug-likeness (QED) is 0.832. The Bertz CT molecular complexity index is 971. The van der Waals surface area contributed by atoms with Crippen molar-refractivity contribution < 1.29 is 14.4 Å². The van der Waals surface area contributed by atoms with Crippen molar-refractivity contribution in [1.82, 2.24) is 4.90 Å². The molecular formula is C21H21N3O3S. The molecule has 2 aliphatic heterocycles. The predicted octanol–water partition coefficient (Wildman–Crippen LogP) is 3.63. The van der Waals surface area contributed by atoms with E-state index in [1.165, 1.54) is 6.92 Å². The molecule has 2 N–H and O–H groups in total. The first-order valence-electron chi connectivity index (χ1n) is 9.06. The van der Waals surface area contributed by atoms with Crippen molar-refractivity contribution >= 4 is 40.9 Å². The smallest absolute Gasteiger partial charge is 0.256 e. The number of thioether (sulfide) groups is 1.